The van der Waals surface area contributed by atoms with Crippen molar-refractivity contribution < 1.29 is 14.4 Å². The van der Waals surface area contributed by atoms with Gasteiger partial charge in [-0.25, -0.2) is 9.78 Å². The van der Waals surface area contributed by atoms with Gasteiger partial charge < -0.3 is 24.4 Å². The molecule has 0 unspecified atom stereocenters. The largest absolute Gasteiger partial charge is 0.340 e. The van der Waals surface area contributed by atoms with E-state index in [1.807, 2.05) is 56.0 Å². The molecular formula is C34H54N6O3S. The van der Waals surface area contributed by atoms with Gasteiger partial charge in [0.2, 0.25) is 5.91 Å². The molecule has 1 fully saturated rings. The van der Waals surface area contributed by atoms with Crippen LogP contribution in [0.1, 0.15) is 52.2 Å². The quantitative estimate of drug-likeness (QED) is 0.295. The molecule has 10 heteroatoms. The van der Waals surface area contributed by atoms with Gasteiger partial charge in [0, 0.05) is 36.3 Å². The molecule has 0 radical (unpaired) electrons. The molecule has 2 aromatic rings. The van der Waals surface area contributed by atoms with Crippen LogP contribution in [0.4, 0.5) is 10.6 Å². The van der Waals surface area contributed by atoms with E-state index in [0.29, 0.717) is 18.9 Å². The minimum atomic E-state index is -0.276. The molecule has 0 spiro atoms. The third-order valence-electron chi connectivity index (χ3n) is 6.21. The number of rotatable bonds is 6. The van der Waals surface area contributed by atoms with E-state index in [1.165, 1.54) is 16.7 Å². The summed E-state index contributed by atoms with van der Waals surface area (Å²) in [6.45, 7) is 18.3. The molecule has 1 aromatic heterocycles. The molecule has 1 saturated heterocycles. The Bertz CT molecular complexity index is 1130. The third-order valence-corrected chi connectivity index (χ3v) is 7.16. The number of fused-ring (bicyclic) bond motifs is 1. The van der Waals surface area contributed by atoms with Crippen molar-refractivity contribution in [3.8, 4) is 0 Å². The Morgan fingerprint density at radius 2 is 1.75 bits per heavy atom. The zero-order valence-electron chi connectivity index (χ0n) is 28.1. The van der Waals surface area contributed by atoms with Crippen LogP contribution in [0.25, 0.3) is 6.08 Å². The van der Waals surface area contributed by atoms with Gasteiger partial charge in [0.25, 0.3) is 0 Å². The number of benzene rings is 1. The minimum Gasteiger partial charge on any atom is -0.340 e. The van der Waals surface area contributed by atoms with Crippen LogP contribution in [0.2, 0.25) is 0 Å². The average Bonchev–Trinajstić information content (AvgIpc) is 3.27. The molecule has 44 heavy (non-hydrogen) atoms. The van der Waals surface area contributed by atoms with Crippen LogP contribution in [-0.2, 0) is 16.1 Å². The predicted octanol–water partition coefficient (Wildman–Crippen LogP) is 6.35. The van der Waals surface area contributed by atoms with Crippen LogP contribution in [0, 0.1) is 0 Å². The van der Waals surface area contributed by atoms with E-state index in [-0.39, 0.29) is 18.5 Å². The number of urea groups is 1. The number of carbonyl (C=O) groups excluding carboxylic acids is 3. The Morgan fingerprint density at radius 3 is 2.32 bits per heavy atom. The van der Waals surface area contributed by atoms with Gasteiger partial charge in [-0.1, -0.05) is 69.5 Å². The normalized spacial score (nSPS) is 14.1. The van der Waals surface area contributed by atoms with Gasteiger partial charge in [-0.3, -0.25) is 10.1 Å². The van der Waals surface area contributed by atoms with Gasteiger partial charge in [0.15, 0.2) is 0 Å². The number of likely N-dealkylation sites (N-methyl/N-ethyl adjacent to an activating group) is 1. The molecule has 0 bridgehead atoms. The molecule has 3 amide bonds. The third kappa shape index (κ3) is 17.0. The van der Waals surface area contributed by atoms with Crippen molar-refractivity contribution in [2.24, 2.45) is 0 Å². The fraction of sp³-hybridized carbons (Fsp3) is 0.471. The molecule has 2 aliphatic rings. The second-order valence-electron chi connectivity index (χ2n) is 9.84. The summed E-state index contributed by atoms with van der Waals surface area (Å²) in [4.78, 5) is 46.9. The molecule has 9 nitrogen and oxygen atoms in total. The van der Waals surface area contributed by atoms with E-state index in [0.717, 1.165) is 50.0 Å². The Morgan fingerprint density at radius 1 is 1.11 bits per heavy atom. The van der Waals surface area contributed by atoms with Gasteiger partial charge in [-0.15, -0.1) is 0 Å². The molecule has 1 N–H and O–H groups in total. The summed E-state index contributed by atoms with van der Waals surface area (Å²) in [7, 11) is 6.17. The first-order chi connectivity index (χ1) is 21.2. The Hall–Kier alpha value is -3.47. The first kappa shape index (κ1) is 40.5. The van der Waals surface area contributed by atoms with E-state index in [2.05, 4.69) is 72.3 Å². The summed E-state index contributed by atoms with van der Waals surface area (Å²) in [5, 5.41) is 4.83. The van der Waals surface area contributed by atoms with Crippen molar-refractivity contribution in [1.82, 2.24) is 24.6 Å². The van der Waals surface area contributed by atoms with Gasteiger partial charge in [-0.2, -0.15) is 0 Å². The van der Waals surface area contributed by atoms with Crippen LogP contribution in [-0.4, -0.2) is 103 Å². The Kier molecular flexibility index (Phi) is 23.0. The van der Waals surface area contributed by atoms with Crippen LogP contribution in [0.3, 0.4) is 0 Å². The average molecular weight is 627 g/mol. The lowest BCUT2D eigenvalue weighted by Gasteiger charge is -2.30. The molecule has 3 heterocycles. The number of hydrogen-bond donors (Lipinski definition) is 1. The molecule has 244 valence electrons. The summed E-state index contributed by atoms with van der Waals surface area (Å²) in [6.07, 6.45) is 7.13. The molecule has 0 atom stereocenters. The number of anilines is 1. The maximum absolute atomic E-state index is 12.6. The summed E-state index contributed by atoms with van der Waals surface area (Å²) >= 11 is 1.74. The summed E-state index contributed by atoms with van der Waals surface area (Å²) in [6, 6.07) is 12.0. The highest BCUT2D eigenvalue weighted by molar-refractivity contribution is 8.02. The van der Waals surface area contributed by atoms with Gasteiger partial charge >= 0.3 is 6.03 Å². The van der Waals surface area contributed by atoms with Crippen molar-refractivity contribution in [2.75, 3.05) is 65.7 Å². The first-order valence-electron chi connectivity index (χ1n) is 15.2. The van der Waals surface area contributed by atoms with Gasteiger partial charge in [-0.05, 0) is 83.7 Å². The number of hydrogen-bond acceptors (Lipinski definition) is 7. The molecule has 0 saturated carbocycles. The summed E-state index contributed by atoms with van der Waals surface area (Å²) in [5.74, 6) is 0.558. The lowest BCUT2D eigenvalue weighted by molar-refractivity contribution is -0.131. The molecular weight excluding hydrogens is 572 g/mol. The van der Waals surface area contributed by atoms with Crippen molar-refractivity contribution in [3.63, 3.8) is 0 Å². The van der Waals surface area contributed by atoms with Crippen LogP contribution >= 0.6 is 11.8 Å². The topological polar surface area (TPSA) is 89.1 Å². The second kappa shape index (κ2) is 24.9. The van der Waals surface area contributed by atoms with E-state index in [9.17, 15) is 9.59 Å². The monoisotopic (exact) mass is 626 g/mol. The standard InChI is InChI=1S/C17H23N5O2.C9H10S.C4H11N.C2H4O.C2H6/c1-3-13-9-14-11-22(17(24)19-16(14)18-10-13)12-15(23)21-6-4-5-20(2)7-8-21;1-2-8-10-9-6-4-3-5-7-9;1-4-5(2)3;1-2-3;1-2/h3,9-10H,1,4-8,11-12H2,2H3,(H,18,19,24);2-8H,1H3;4H2,1-3H3;2H,1H3;1-2H3/b;8-2+;;;. The number of aromatic nitrogens is 1. The molecule has 1 aromatic carbocycles. The van der Waals surface area contributed by atoms with Gasteiger partial charge in [0.1, 0.15) is 18.6 Å². The maximum Gasteiger partial charge on any atom is 0.323 e. The SMILES string of the molecule is C/C=C/Sc1ccccc1.C=Cc1cnc2c(c1)CN(CC(=O)N1CCCN(C)CC1)C(=O)N2.CC.CC=O.CCN(C)C. The second-order valence-corrected chi connectivity index (χ2v) is 10.8. The zero-order chi connectivity index (χ0) is 33.3. The predicted molar refractivity (Wildman–Crippen MR) is 187 cm³/mol. The number of thioether (sulfide) groups is 1. The maximum atomic E-state index is 12.6. The lowest BCUT2D eigenvalue weighted by Crippen LogP contribution is -2.47. The number of amides is 3. The first-order valence-corrected chi connectivity index (χ1v) is 16.1. The van der Waals surface area contributed by atoms with Crippen molar-refractivity contribution in [2.45, 2.75) is 52.5 Å². The Balaban J connectivity index is 0.000000761. The van der Waals surface area contributed by atoms with E-state index in [1.54, 1.807) is 24.0 Å². The van der Waals surface area contributed by atoms with E-state index in [4.69, 9.17) is 4.79 Å². The van der Waals surface area contributed by atoms with E-state index >= 15 is 0 Å². The number of nitrogens with zero attached hydrogens (tertiary/aromatic N) is 5. The highest BCUT2D eigenvalue weighted by Crippen LogP contribution is 2.22. The van der Waals surface area contributed by atoms with Gasteiger partial charge in [0.05, 0.1) is 6.54 Å². The zero-order valence-corrected chi connectivity index (χ0v) is 28.9. The minimum absolute atomic E-state index is 0.00302. The smallest absolute Gasteiger partial charge is 0.323 e. The number of allylic oxidation sites excluding steroid dienone is 1. The van der Waals surface area contributed by atoms with Crippen LogP contribution in [0.15, 0.2) is 65.6 Å². The molecule has 2 aliphatic heterocycles. The number of pyridine rings is 1. The van der Waals surface area contributed by atoms with Crippen LogP contribution < -0.4 is 5.32 Å². The van der Waals surface area contributed by atoms with Crippen molar-refractivity contribution in [3.05, 3.63) is 71.8 Å². The highest BCUT2D eigenvalue weighted by Gasteiger charge is 2.27. The fourth-order valence-corrected chi connectivity index (χ4v) is 4.27. The molecule has 0 aliphatic carbocycles. The number of carbonyl (C=O) groups is 3. The number of aldehydes is 1. The van der Waals surface area contributed by atoms with Crippen LogP contribution in [0.5, 0.6) is 0 Å². The number of nitrogens with one attached hydrogen (secondary N) is 1. The fourth-order valence-electron chi connectivity index (χ4n) is 3.66. The lowest BCUT2D eigenvalue weighted by atomic mass is 10.1. The van der Waals surface area contributed by atoms with E-state index < -0.39 is 0 Å². The summed E-state index contributed by atoms with van der Waals surface area (Å²) < 4.78 is 0. The highest BCUT2D eigenvalue weighted by atomic mass is 32.2. The van der Waals surface area contributed by atoms with Crippen molar-refractivity contribution >= 4 is 41.9 Å². The Labute approximate surface area is 270 Å². The molecule has 4 rings (SSSR count). The summed E-state index contributed by atoms with van der Waals surface area (Å²) in [5.41, 5.74) is 1.79. The van der Waals surface area contributed by atoms with Crippen molar-refractivity contribution in [1.29, 1.82) is 0 Å².